The van der Waals surface area contributed by atoms with Crippen molar-refractivity contribution in [2.75, 3.05) is 9.80 Å². The fourth-order valence-corrected chi connectivity index (χ4v) is 14.4. The molecule has 2 heterocycles. The molecule has 2 aliphatic rings. The van der Waals surface area contributed by atoms with Crippen LogP contribution in [-0.4, -0.2) is 0 Å². The van der Waals surface area contributed by atoms with Crippen LogP contribution in [0.4, 0.5) is 34.1 Å². The van der Waals surface area contributed by atoms with Gasteiger partial charge in [0.25, 0.3) is 0 Å². The van der Waals surface area contributed by atoms with Crippen molar-refractivity contribution in [2.24, 2.45) is 0 Å². The second-order valence-electron chi connectivity index (χ2n) is 18.3. The number of anilines is 6. The fraction of sp³-hybridized carbons (Fsp3) is 0.0154. The normalized spacial score (nSPS) is 13.0. The second kappa shape index (κ2) is 14.9. The smallest absolute Gasteiger partial charge is 0.0726 e. The molecule has 0 radical (unpaired) electrons. The molecule has 4 heteroatoms. The first kappa shape index (κ1) is 38.8. The second-order valence-corrected chi connectivity index (χ2v) is 20.4. The molecule has 0 saturated carbocycles. The van der Waals surface area contributed by atoms with Gasteiger partial charge >= 0.3 is 0 Å². The minimum Gasteiger partial charge on any atom is -0.310 e. The van der Waals surface area contributed by atoms with E-state index in [4.69, 9.17) is 0 Å². The number of thiophene rings is 2. The molecule has 2 nitrogen and oxygen atoms in total. The Labute approximate surface area is 407 Å². The van der Waals surface area contributed by atoms with Crippen LogP contribution < -0.4 is 9.80 Å². The van der Waals surface area contributed by atoms with Crippen molar-refractivity contribution in [3.8, 4) is 22.3 Å². The molecular formula is C65H40N2S2. The first-order valence-electron chi connectivity index (χ1n) is 23.7. The first-order chi connectivity index (χ1) is 34.2. The summed E-state index contributed by atoms with van der Waals surface area (Å²) in [5.74, 6) is 0. The van der Waals surface area contributed by atoms with Crippen LogP contribution in [0.25, 0.3) is 73.4 Å². The summed E-state index contributed by atoms with van der Waals surface area (Å²) in [6.07, 6.45) is 0. The first-order valence-corrected chi connectivity index (χ1v) is 25.3. The molecule has 69 heavy (non-hydrogen) atoms. The molecular weight excluding hydrogens is 873 g/mol. The van der Waals surface area contributed by atoms with Crippen LogP contribution in [0.1, 0.15) is 22.3 Å². The Morgan fingerprint density at radius 1 is 0.290 bits per heavy atom. The van der Waals surface area contributed by atoms with Gasteiger partial charge in [0.05, 0.1) is 27.2 Å². The van der Waals surface area contributed by atoms with E-state index in [1.165, 1.54) is 107 Å². The lowest BCUT2D eigenvalue weighted by Gasteiger charge is -2.32. The summed E-state index contributed by atoms with van der Waals surface area (Å²) in [5.41, 5.74) is 17.0. The van der Waals surface area contributed by atoms with E-state index >= 15 is 0 Å². The number of fused-ring (bicyclic) bond motifs is 17. The standard InChI is InChI=1S/C65H40N2S2/c1-2-19-42(20-3-1)67(58-32-16-30-56-63(58)52-25-8-12-29-55(52)65(56)53-27-10-6-22-46(53)47-23-7-11-28-54(47)65)59-33-15-26-51-50-38-36-44(40-62(50)69-64(51)59)66(57-31-14-18-41-17-4-5-21-45(41)57)43-35-37-49-48-24-9-13-34-60(48)68-61(49)39-43/h1-40H. The highest BCUT2D eigenvalue weighted by Crippen LogP contribution is 2.65. The van der Waals surface area contributed by atoms with Gasteiger partial charge in [-0.25, -0.2) is 0 Å². The molecule has 0 aliphatic heterocycles. The van der Waals surface area contributed by atoms with Gasteiger partial charge < -0.3 is 9.80 Å². The van der Waals surface area contributed by atoms with E-state index in [1.807, 2.05) is 22.7 Å². The van der Waals surface area contributed by atoms with E-state index in [2.05, 4.69) is 252 Å². The van der Waals surface area contributed by atoms with Gasteiger partial charge in [-0.15, -0.1) is 22.7 Å². The number of nitrogens with zero attached hydrogens (tertiary/aromatic N) is 2. The van der Waals surface area contributed by atoms with Crippen molar-refractivity contribution in [3.63, 3.8) is 0 Å². The highest BCUT2D eigenvalue weighted by Gasteiger charge is 2.52. The Kier molecular flexibility index (Phi) is 8.35. The van der Waals surface area contributed by atoms with Gasteiger partial charge in [0.1, 0.15) is 0 Å². The average Bonchev–Trinajstić information content (AvgIpc) is 4.15. The van der Waals surface area contributed by atoms with Gasteiger partial charge in [0.2, 0.25) is 0 Å². The minimum absolute atomic E-state index is 0.436. The molecule has 322 valence electrons. The van der Waals surface area contributed by atoms with Crippen molar-refractivity contribution < 1.29 is 0 Å². The quantitative estimate of drug-likeness (QED) is 0.164. The van der Waals surface area contributed by atoms with Crippen LogP contribution >= 0.6 is 22.7 Å². The number of rotatable bonds is 6. The SMILES string of the molecule is c1ccc(N(c2cccc3c2-c2ccccc2C32c3ccccc3-c3ccccc32)c2cccc3c2sc2cc(N(c4ccc5c(c4)sc4ccccc45)c4cccc5ccccc45)ccc23)cc1. The fourth-order valence-electron chi connectivity index (χ4n) is 12.1. The summed E-state index contributed by atoms with van der Waals surface area (Å²) < 4.78 is 5.10. The molecule has 0 unspecified atom stereocenters. The van der Waals surface area contributed by atoms with E-state index in [-0.39, 0.29) is 0 Å². The highest BCUT2D eigenvalue weighted by molar-refractivity contribution is 7.26. The minimum atomic E-state index is -0.436. The van der Waals surface area contributed by atoms with Crippen molar-refractivity contribution in [2.45, 2.75) is 5.41 Å². The summed E-state index contributed by atoms with van der Waals surface area (Å²) in [7, 11) is 0. The average molecular weight is 913 g/mol. The molecule has 0 atom stereocenters. The van der Waals surface area contributed by atoms with Gasteiger partial charge in [-0.05, 0) is 105 Å². The third-order valence-electron chi connectivity index (χ3n) is 14.8. The number of para-hydroxylation sites is 1. The third kappa shape index (κ3) is 5.47. The predicted octanol–water partition coefficient (Wildman–Crippen LogP) is 18.9. The van der Waals surface area contributed by atoms with Crippen molar-refractivity contribution >= 4 is 108 Å². The van der Waals surface area contributed by atoms with E-state index in [0.717, 1.165) is 22.7 Å². The predicted molar refractivity (Wildman–Crippen MR) is 295 cm³/mol. The van der Waals surface area contributed by atoms with Crippen LogP contribution in [0, 0.1) is 0 Å². The Bertz CT molecular complexity index is 4190. The number of hydrogen-bond donors (Lipinski definition) is 0. The Morgan fingerprint density at radius 3 is 1.57 bits per heavy atom. The zero-order valence-electron chi connectivity index (χ0n) is 37.3. The van der Waals surface area contributed by atoms with Gasteiger partial charge in [-0.1, -0.05) is 182 Å². The zero-order valence-corrected chi connectivity index (χ0v) is 38.9. The lowest BCUT2D eigenvalue weighted by Crippen LogP contribution is -2.26. The number of hydrogen-bond acceptors (Lipinski definition) is 4. The summed E-state index contributed by atoms with van der Waals surface area (Å²) >= 11 is 3.76. The third-order valence-corrected chi connectivity index (χ3v) is 17.2. The van der Waals surface area contributed by atoms with Gasteiger partial charge in [0.15, 0.2) is 0 Å². The van der Waals surface area contributed by atoms with Crippen molar-refractivity contribution in [1.82, 2.24) is 0 Å². The van der Waals surface area contributed by atoms with E-state index in [9.17, 15) is 0 Å². The van der Waals surface area contributed by atoms with Gasteiger partial charge in [-0.2, -0.15) is 0 Å². The van der Waals surface area contributed by atoms with E-state index < -0.39 is 5.41 Å². The van der Waals surface area contributed by atoms with Crippen molar-refractivity contribution in [1.29, 1.82) is 0 Å². The maximum Gasteiger partial charge on any atom is 0.0726 e. The summed E-state index contributed by atoms with van der Waals surface area (Å²) in [5, 5.41) is 7.56. The molecule has 0 N–H and O–H groups in total. The number of benzene rings is 11. The molecule has 2 aromatic heterocycles. The molecule has 0 fully saturated rings. The summed E-state index contributed by atoms with van der Waals surface area (Å²) in [4.78, 5) is 5.00. The van der Waals surface area contributed by atoms with Crippen LogP contribution in [-0.2, 0) is 5.41 Å². The molecule has 11 aromatic carbocycles. The lowest BCUT2D eigenvalue weighted by molar-refractivity contribution is 0.794. The molecule has 0 amide bonds. The molecule has 0 saturated heterocycles. The Balaban J connectivity index is 0.946. The van der Waals surface area contributed by atoms with Crippen LogP contribution in [0.5, 0.6) is 0 Å². The maximum atomic E-state index is 2.53. The van der Waals surface area contributed by atoms with E-state index in [0.29, 0.717) is 0 Å². The van der Waals surface area contributed by atoms with Gasteiger partial charge in [0, 0.05) is 63.7 Å². The zero-order chi connectivity index (χ0) is 45.2. The largest absolute Gasteiger partial charge is 0.310 e. The maximum absolute atomic E-state index is 2.53. The van der Waals surface area contributed by atoms with Crippen LogP contribution in [0.15, 0.2) is 243 Å². The summed E-state index contributed by atoms with van der Waals surface area (Å²) in [6.45, 7) is 0. The molecule has 13 aromatic rings. The molecule has 2 aliphatic carbocycles. The monoisotopic (exact) mass is 912 g/mol. The summed E-state index contributed by atoms with van der Waals surface area (Å²) in [6, 6.07) is 90.5. The van der Waals surface area contributed by atoms with E-state index in [1.54, 1.807) is 0 Å². The van der Waals surface area contributed by atoms with Crippen LogP contribution in [0.3, 0.4) is 0 Å². The molecule has 15 rings (SSSR count). The lowest BCUT2D eigenvalue weighted by atomic mass is 9.70. The van der Waals surface area contributed by atoms with Crippen molar-refractivity contribution in [3.05, 3.63) is 265 Å². The highest BCUT2D eigenvalue weighted by atomic mass is 32.1. The molecule has 1 spiro atoms. The molecule has 0 bridgehead atoms. The van der Waals surface area contributed by atoms with Gasteiger partial charge in [-0.3, -0.25) is 0 Å². The topological polar surface area (TPSA) is 6.48 Å². The Hall–Kier alpha value is -8.28. The van der Waals surface area contributed by atoms with Crippen LogP contribution in [0.2, 0.25) is 0 Å². The Morgan fingerprint density at radius 2 is 0.797 bits per heavy atom.